The average molecular weight is 499 g/mol. The molecular weight excluding hydrogens is 480 g/mol. The molecule has 0 atom stereocenters. The summed E-state index contributed by atoms with van der Waals surface area (Å²) in [4.78, 5) is 39.5. The summed E-state index contributed by atoms with van der Waals surface area (Å²) in [5.41, 5.74) is 2.47. The third kappa shape index (κ3) is 5.75. The maximum atomic E-state index is 12.8. The van der Waals surface area contributed by atoms with Crippen LogP contribution in [-0.4, -0.2) is 27.5 Å². The van der Waals surface area contributed by atoms with Gasteiger partial charge in [0.2, 0.25) is 5.91 Å². The van der Waals surface area contributed by atoms with Crippen LogP contribution in [0.4, 0.5) is 17.1 Å². The summed E-state index contributed by atoms with van der Waals surface area (Å²) in [6.07, 6.45) is 0.974. The fraction of sp³-hybridized carbons (Fsp3) is 0.136. The minimum Gasteiger partial charge on any atom is -0.326 e. The van der Waals surface area contributed by atoms with Crippen LogP contribution in [0, 0.1) is 10.1 Å². The highest BCUT2D eigenvalue weighted by atomic mass is 32.2. The summed E-state index contributed by atoms with van der Waals surface area (Å²) in [6, 6.07) is 11.3. The highest BCUT2D eigenvalue weighted by Gasteiger charge is 2.21. The Morgan fingerprint density at radius 3 is 2.64 bits per heavy atom. The van der Waals surface area contributed by atoms with Gasteiger partial charge in [-0.3, -0.25) is 19.7 Å². The van der Waals surface area contributed by atoms with E-state index in [9.17, 15) is 19.7 Å². The number of nitrogens with one attached hydrogen (secondary N) is 2. The Balaban J connectivity index is 1.49. The number of thiazole rings is 1. The zero-order valence-corrected chi connectivity index (χ0v) is 19.8. The molecule has 0 saturated heterocycles. The molecule has 4 rings (SSSR count). The minimum absolute atomic E-state index is 0.139. The van der Waals surface area contributed by atoms with E-state index in [0.29, 0.717) is 11.4 Å². The zero-order valence-electron chi connectivity index (χ0n) is 17.4. The van der Waals surface area contributed by atoms with Crippen molar-refractivity contribution in [2.75, 3.05) is 16.4 Å². The zero-order chi connectivity index (χ0) is 23.4. The van der Waals surface area contributed by atoms with Gasteiger partial charge >= 0.3 is 0 Å². The molecule has 4 aromatic rings. The third-order valence-electron chi connectivity index (χ3n) is 4.58. The molecule has 0 spiro atoms. The Morgan fingerprint density at radius 1 is 1.12 bits per heavy atom. The van der Waals surface area contributed by atoms with Crippen molar-refractivity contribution in [1.82, 2.24) is 4.98 Å². The number of hydrogen-bond donors (Lipinski definition) is 2. The van der Waals surface area contributed by atoms with Crippen molar-refractivity contribution < 1.29 is 14.5 Å². The van der Waals surface area contributed by atoms with E-state index in [4.69, 9.17) is 0 Å². The number of thioether (sulfide) groups is 1. The second-order valence-electron chi connectivity index (χ2n) is 7.02. The van der Waals surface area contributed by atoms with E-state index < -0.39 is 10.8 Å². The van der Waals surface area contributed by atoms with Gasteiger partial charge in [0.1, 0.15) is 5.56 Å². The summed E-state index contributed by atoms with van der Waals surface area (Å²) in [5, 5.41) is 20.8. The van der Waals surface area contributed by atoms with Gasteiger partial charge in [0.25, 0.3) is 11.6 Å². The summed E-state index contributed by atoms with van der Waals surface area (Å²) >= 11 is 4.91. The van der Waals surface area contributed by atoms with Crippen molar-refractivity contribution in [2.45, 2.75) is 17.7 Å². The second-order valence-corrected chi connectivity index (χ2v) is 10.2. The first-order valence-electron chi connectivity index (χ1n) is 9.81. The van der Waals surface area contributed by atoms with Crippen LogP contribution in [0.3, 0.4) is 0 Å². The lowest BCUT2D eigenvalue weighted by molar-refractivity contribution is -0.385. The lowest BCUT2D eigenvalue weighted by Gasteiger charge is -2.08. The molecule has 8 nitrogen and oxygen atoms in total. The van der Waals surface area contributed by atoms with Crippen LogP contribution in [0.5, 0.6) is 0 Å². The molecule has 168 valence electrons. The van der Waals surface area contributed by atoms with Crippen LogP contribution in [-0.2, 0) is 11.2 Å². The van der Waals surface area contributed by atoms with E-state index in [-0.39, 0.29) is 17.2 Å². The number of thiophene rings is 1. The molecular formula is C22H18N4O4S3. The van der Waals surface area contributed by atoms with Crippen molar-refractivity contribution in [3.63, 3.8) is 0 Å². The van der Waals surface area contributed by atoms with Crippen molar-refractivity contribution in [2.24, 2.45) is 0 Å². The number of aromatic nitrogens is 1. The van der Waals surface area contributed by atoms with Gasteiger partial charge in [-0.1, -0.05) is 11.8 Å². The number of nitro benzene ring substituents is 1. The van der Waals surface area contributed by atoms with E-state index in [2.05, 4.69) is 32.4 Å². The second kappa shape index (κ2) is 10.1. The molecule has 0 bridgehead atoms. The van der Waals surface area contributed by atoms with Crippen LogP contribution in [0.1, 0.15) is 22.8 Å². The highest BCUT2D eigenvalue weighted by molar-refractivity contribution is 8.01. The molecule has 11 heteroatoms. The summed E-state index contributed by atoms with van der Waals surface area (Å²) in [6.45, 7) is 1.32. The Bertz CT molecular complexity index is 1330. The van der Waals surface area contributed by atoms with Crippen LogP contribution in [0.2, 0.25) is 0 Å². The fourth-order valence-electron chi connectivity index (χ4n) is 3.09. The molecule has 33 heavy (non-hydrogen) atoms. The first kappa shape index (κ1) is 22.9. The van der Waals surface area contributed by atoms with Crippen LogP contribution in [0.25, 0.3) is 10.2 Å². The van der Waals surface area contributed by atoms with Crippen molar-refractivity contribution in [3.8, 4) is 0 Å². The Hall–Kier alpha value is -3.28. The number of anilines is 2. The van der Waals surface area contributed by atoms with Gasteiger partial charge in [-0.2, -0.15) is 11.3 Å². The summed E-state index contributed by atoms with van der Waals surface area (Å²) < 4.78 is 1.86. The van der Waals surface area contributed by atoms with Gasteiger partial charge < -0.3 is 10.6 Å². The number of nitro groups is 1. The standard InChI is InChI=1S/C22H18N4O4S3/c1-13(27)23-15-3-5-19(26(29)30)17(10-15)21(28)24-16-2-4-18-20(11-16)33-22(25-18)32-9-7-14-6-8-31-12-14/h2-6,8,10-12H,7,9H2,1H3,(H,23,27)(H,24,28). The number of fused-ring (bicyclic) bond motifs is 1. The Morgan fingerprint density at radius 2 is 1.91 bits per heavy atom. The quantitative estimate of drug-likeness (QED) is 0.180. The van der Waals surface area contributed by atoms with Crippen molar-refractivity contribution >= 4 is 73.5 Å². The van der Waals surface area contributed by atoms with E-state index in [1.165, 1.54) is 42.0 Å². The number of carbonyl (C=O) groups is 2. The van der Waals surface area contributed by atoms with Crippen molar-refractivity contribution in [3.05, 3.63) is 74.5 Å². The van der Waals surface area contributed by atoms with Gasteiger partial charge in [-0.05, 0) is 59.1 Å². The first-order chi connectivity index (χ1) is 15.9. The highest BCUT2D eigenvalue weighted by Crippen LogP contribution is 2.32. The molecule has 0 radical (unpaired) electrons. The number of carbonyl (C=O) groups excluding carboxylic acids is 2. The fourth-order valence-corrected chi connectivity index (χ4v) is 5.96. The molecule has 0 fully saturated rings. The Labute approximate surface area is 201 Å². The normalized spacial score (nSPS) is 10.8. The van der Waals surface area contributed by atoms with Crippen LogP contribution < -0.4 is 10.6 Å². The monoisotopic (exact) mass is 498 g/mol. The number of rotatable bonds is 8. The predicted octanol–water partition coefficient (Wildman–Crippen LogP) is 5.81. The lowest BCUT2D eigenvalue weighted by Crippen LogP contribution is -2.15. The predicted molar refractivity (Wildman–Crippen MR) is 134 cm³/mol. The molecule has 0 unspecified atom stereocenters. The molecule has 0 aliphatic rings. The SMILES string of the molecule is CC(=O)Nc1ccc([N+](=O)[O-])c(C(=O)Nc2ccc3nc(SCCc4ccsc4)sc3c2)c1. The number of hydrogen-bond acceptors (Lipinski definition) is 8. The smallest absolute Gasteiger partial charge is 0.282 e. The van der Waals surface area contributed by atoms with Crippen LogP contribution in [0.15, 0.2) is 57.6 Å². The van der Waals surface area contributed by atoms with Gasteiger partial charge in [-0.15, -0.1) is 11.3 Å². The number of amides is 2. The van der Waals surface area contributed by atoms with E-state index in [1.807, 2.05) is 6.07 Å². The number of nitrogens with zero attached hydrogens (tertiary/aromatic N) is 2. The van der Waals surface area contributed by atoms with E-state index >= 15 is 0 Å². The maximum absolute atomic E-state index is 12.8. The van der Waals surface area contributed by atoms with Crippen molar-refractivity contribution in [1.29, 1.82) is 0 Å². The molecule has 2 aromatic carbocycles. The number of benzene rings is 2. The number of aryl methyl sites for hydroxylation is 1. The molecule has 2 heterocycles. The molecule has 2 aromatic heterocycles. The van der Waals surface area contributed by atoms with Gasteiger partial charge in [0.05, 0.1) is 15.1 Å². The molecule has 0 aliphatic heterocycles. The summed E-state index contributed by atoms with van der Waals surface area (Å²) in [5.74, 6) is -0.0490. The van der Waals surface area contributed by atoms with E-state index in [1.54, 1.807) is 35.2 Å². The van der Waals surface area contributed by atoms with Crippen LogP contribution >= 0.6 is 34.4 Å². The molecule has 0 aliphatic carbocycles. The molecule has 2 amide bonds. The molecule has 2 N–H and O–H groups in total. The average Bonchev–Trinajstić information content (AvgIpc) is 3.42. The van der Waals surface area contributed by atoms with Gasteiger partial charge in [0.15, 0.2) is 4.34 Å². The minimum atomic E-state index is -0.636. The van der Waals surface area contributed by atoms with Gasteiger partial charge in [0, 0.05) is 30.1 Å². The largest absolute Gasteiger partial charge is 0.326 e. The lowest BCUT2D eigenvalue weighted by atomic mass is 10.1. The maximum Gasteiger partial charge on any atom is 0.282 e. The van der Waals surface area contributed by atoms with E-state index in [0.717, 1.165) is 26.7 Å². The Kier molecular flexibility index (Phi) is 7.02. The van der Waals surface area contributed by atoms with Gasteiger partial charge in [-0.25, -0.2) is 4.98 Å². The topological polar surface area (TPSA) is 114 Å². The first-order valence-corrected chi connectivity index (χ1v) is 12.6. The third-order valence-corrected chi connectivity index (χ3v) is 7.48. The molecule has 0 saturated carbocycles. The summed E-state index contributed by atoms with van der Waals surface area (Å²) in [7, 11) is 0.